The number of thiophene rings is 1. The number of alkyl halides is 1. The summed E-state index contributed by atoms with van der Waals surface area (Å²) in [6.07, 6.45) is 0.104. The average molecular weight is 410 g/mol. The number of imide groups is 1. The van der Waals surface area contributed by atoms with Gasteiger partial charge in [-0.3, -0.25) is 4.79 Å². The van der Waals surface area contributed by atoms with E-state index >= 15 is 0 Å². The van der Waals surface area contributed by atoms with Gasteiger partial charge in [-0.2, -0.15) is 9.28 Å². The standard InChI is InChI=1S/C14H15BrClNO4S/c1-8-3-2-6-17(8,14(20)21)12(18)7-9(15)13(19)10-4-5-11(16)22-10/h4-5,8-9H,2-3,6-7H2,1H3/p+1/t8-,9?,17?/m1/s1. The van der Waals surface area contributed by atoms with Gasteiger partial charge in [0, 0.05) is 12.8 Å². The van der Waals surface area contributed by atoms with Crippen LogP contribution >= 0.6 is 38.9 Å². The Balaban J connectivity index is 2.13. The van der Waals surface area contributed by atoms with E-state index in [1.165, 1.54) is 0 Å². The molecule has 1 aliphatic heterocycles. The van der Waals surface area contributed by atoms with Crippen LogP contribution in [-0.4, -0.2) is 44.8 Å². The highest BCUT2D eigenvalue weighted by atomic mass is 79.9. The third kappa shape index (κ3) is 3.13. The first-order chi connectivity index (χ1) is 10.3. The zero-order chi connectivity index (χ0) is 16.5. The number of nitrogens with zero attached hydrogens (tertiary/aromatic N) is 1. The molecule has 1 fully saturated rings. The van der Waals surface area contributed by atoms with Crippen LogP contribution in [-0.2, 0) is 4.79 Å². The molecule has 1 saturated heterocycles. The number of hydrogen-bond acceptors (Lipinski definition) is 4. The Morgan fingerprint density at radius 2 is 2.18 bits per heavy atom. The lowest BCUT2D eigenvalue weighted by Gasteiger charge is -2.30. The number of rotatable bonds is 4. The molecule has 2 heterocycles. The topological polar surface area (TPSA) is 71.4 Å². The van der Waals surface area contributed by atoms with Gasteiger partial charge in [0.25, 0.3) is 0 Å². The second-order valence-electron chi connectivity index (χ2n) is 5.40. The molecule has 0 aliphatic carbocycles. The van der Waals surface area contributed by atoms with Crippen LogP contribution in [0.5, 0.6) is 0 Å². The number of halogens is 2. The maximum Gasteiger partial charge on any atom is 0.521 e. The zero-order valence-electron chi connectivity index (χ0n) is 11.9. The van der Waals surface area contributed by atoms with Crippen molar-refractivity contribution in [2.45, 2.75) is 37.1 Å². The SMILES string of the molecule is C[C@@H]1CCC[N+]1(C(=O)O)C(=O)CC(Br)C(=O)c1ccc(Cl)s1. The molecule has 0 aromatic carbocycles. The second-order valence-corrected chi connectivity index (χ2v) is 8.22. The van der Waals surface area contributed by atoms with Gasteiger partial charge in [0.05, 0.1) is 27.0 Å². The summed E-state index contributed by atoms with van der Waals surface area (Å²) < 4.78 is -0.0859. The van der Waals surface area contributed by atoms with Crippen molar-refractivity contribution in [1.82, 2.24) is 0 Å². The van der Waals surface area contributed by atoms with Crippen molar-refractivity contribution >= 4 is 56.7 Å². The van der Waals surface area contributed by atoms with Gasteiger partial charge in [-0.05, 0) is 19.1 Å². The lowest BCUT2D eigenvalue weighted by atomic mass is 10.1. The minimum Gasteiger partial charge on any atom is -0.435 e. The predicted octanol–water partition coefficient (Wildman–Crippen LogP) is 3.94. The zero-order valence-corrected chi connectivity index (χ0v) is 15.1. The van der Waals surface area contributed by atoms with Crippen LogP contribution in [0, 0.1) is 0 Å². The van der Waals surface area contributed by atoms with Gasteiger partial charge in [-0.25, -0.2) is 4.79 Å². The van der Waals surface area contributed by atoms with E-state index in [0.29, 0.717) is 22.1 Å². The lowest BCUT2D eigenvalue weighted by molar-refractivity contribution is -0.792. The van der Waals surface area contributed by atoms with Crippen LogP contribution in [0.4, 0.5) is 4.79 Å². The highest BCUT2D eigenvalue weighted by molar-refractivity contribution is 9.10. The minimum absolute atomic E-state index is 0.148. The molecule has 0 bridgehead atoms. The molecule has 2 rings (SSSR count). The fraction of sp³-hybridized carbons (Fsp3) is 0.500. The number of carbonyl (C=O) groups is 3. The summed E-state index contributed by atoms with van der Waals surface area (Å²) in [6.45, 7) is 2.05. The molecule has 3 atom stereocenters. The smallest absolute Gasteiger partial charge is 0.435 e. The predicted molar refractivity (Wildman–Crippen MR) is 87.8 cm³/mol. The van der Waals surface area contributed by atoms with Crippen molar-refractivity contribution in [3.63, 3.8) is 0 Å². The van der Waals surface area contributed by atoms with Gasteiger partial charge in [0.2, 0.25) is 0 Å². The molecule has 5 nitrogen and oxygen atoms in total. The molecule has 0 radical (unpaired) electrons. The van der Waals surface area contributed by atoms with Gasteiger partial charge in [0.15, 0.2) is 5.78 Å². The van der Waals surface area contributed by atoms with Crippen molar-refractivity contribution in [2.24, 2.45) is 0 Å². The first kappa shape index (κ1) is 17.6. The summed E-state index contributed by atoms with van der Waals surface area (Å²) in [5, 5.41) is 9.51. The number of Topliss-reactive ketones (excluding diaryl/α,β-unsaturated/α-hetero) is 1. The summed E-state index contributed by atoms with van der Waals surface area (Å²) >= 11 is 10.2. The van der Waals surface area contributed by atoms with Crippen LogP contribution < -0.4 is 0 Å². The summed E-state index contributed by atoms with van der Waals surface area (Å²) in [5.41, 5.74) is 0. The van der Waals surface area contributed by atoms with Crippen molar-refractivity contribution in [3.05, 3.63) is 21.3 Å². The third-order valence-electron chi connectivity index (χ3n) is 4.13. The fourth-order valence-corrected chi connectivity index (χ4v) is 4.56. The van der Waals surface area contributed by atoms with E-state index in [-0.39, 0.29) is 24.8 Å². The lowest BCUT2D eigenvalue weighted by Crippen LogP contribution is -2.59. The molecule has 8 heteroatoms. The van der Waals surface area contributed by atoms with E-state index in [0.717, 1.165) is 11.3 Å². The number of hydrogen-bond donors (Lipinski definition) is 1. The highest BCUT2D eigenvalue weighted by Crippen LogP contribution is 2.31. The largest absolute Gasteiger partial charge is 0.521 e. The van der Waals surface area contributed by atoms with E-state index in [4.69, 9.17) is 11.6 Å². The molecule has 0 saturated carbocycles. The Bertz CT molecular complexity index is 620. The molecule has 22 heavy (non-hydrogen) atoms. The maximum atomic E-state index is 12.6. The number of likely N-dealkylation sites (tertiary alicyclic amines) is 1. The second kappa shape index (κ2) is 6.78. The van der Waals surface area contributed by atoms with Crippen molar-refractivity contribution in [2.75, 3.05) is 6.54 Å². The molecular formula is C14H16BrClNO4S+. The Morgan fingerprint density at radius 1 is 1.50 bits per heavy atom. The molecular weight excluding hydrogens is 394 g/mol. The minimum atomic E-state index is -1.14. The molecule has 2 amide bonds. The average Bonchev–Trinajstić information content (AvgIpc) is 3.04. The number of carboxylic acid groups (broad SMARTS) is 1. The van der Waals surface area contributed by atoms with Crippen LogP contribution in [0.15, 0.2) is 12.1 Å². The molecule has 0 spiro atoms. The van der Waals surface area contributed by atoms with Crippen LogP contribution in [0.3, 0.4) is 0 Å². The number of carbonyl (C=O) groups excluding carboxylic acids is 2. The summed E-state index contributed by atoms with van der Waals surface area (Å²) in [5.74, 6) is -0.684. The third-order valence-corrected chi connectivity index (χ3v) is 6.11. The van der Waals surface area contributed by atoms with Crippen LogP contribution in [0.1, 0.15) is 35.9 Å². The van der Waals surface area contributed by atoms with E-state index < -0.39 is 21.3 Å². The van der Waals surface area contributed by atoms with Crippen molar-refractivity contribution in [3.8, 4) is 0 Å². The number of quaternary nitrogens is 1. The van der Waals surface area contributed by atoms with E-state index in [1.54, 1.807) is 19.1 Å². The van der Waals surface area contributed by atoms with Gasteiger partial charge in [-0.1, -0.05) is 27.5 Å². The normalized spacial score (nSPS) is 25.9. The summed E-state index contributed by atoms with van der Waals surface area (Å²) in [6, 6.07) is 2.96. The fourth-order valence-electron chi connectivity index (χ4n) is 2.85. The van der Waals surface area contributed by atoms with Gasteiger partial charge in [-0.15, -0.1) is 11.3 Å². The number of ketones is 1. The van der Waals surface area contributed by atoms with Crippen LogP contribution in [0.25, 0.3) is 0 Å². The van der Waals surface area contributed by atoms with E-state index in [1.807, 2.05) is 0 Å². The molecule has 120 valence electrons. The van der Waals surface area contributed by atoms with E-state index in [9.17, 15) is 19.5 Å². The summed E-state index contributed by atoms with van der Waals surface area (Å²) in [4.78, 5) is 36.2. The van der Waals surface area contributed by atoms with Crippen LogP contribution in [0.2, 0.25) is 4.34 Å². The molecule has 1 aromatic heterocycles. The molecule has 2 unspecified atom stereocenters. The Hall–Kier alpha value is -0.760. The van der Waals surface area contributed by atoms with E-state index in [2.05, 4.69) is 15.9 Å². The molecule has 1 N–H and O–H groups in total. The highest BCUT2D eigenvalue weighted by Gasteiger charge is 2.53. The quantitative estimate of drug-likeness (QED) is 0.464. The van der Waals surface area contributed by atoms with Crippen molar-refractivity contribution < 1.29 is 24.0 Å². The summed E-state index contributed by atoms with van der Waals surface area (Å²) in [7, 11) is 0. The monoisotopic (exact) mass is 408 g/mol. The molecule has 1 aliphatic rings. The first-order valence-corrected chi connectivity index (χ1v) is 8.98. The molecule has 1 aromatic rings. The Morgan fingerprint density at radius 3 is 2.64 bits per heavy atom. The Labute approximate surface area is 145 Å². The van der Waals surface area contributed by atoms with Gasteiger partial charge < -0.3 is 5.11 Å². The van der Waals surface area contributed by atoms with Crippen molar-refractivity contribution in [1.29, 1.82) is 0 Å². The Kier molecular flexibility index (Phi) is 5.42. The maximum absolute atomic E-state index is 12.6. The number of amides is 2. The van der Waals surface area contributed by atoms with Gasteiger partial charge >= 0.3 is 12.0 Å². The van der Waals surface area contributed by atoms with Gasteiger partial charge in [0.1, 0.15) is 6.04 Å². The first-order valence-electron chi connectivity index (χ1n) is 6.87.